The number of carbonyl (C=O) groups excluding carboxylic acids is 1. The first-order chi connectivity index (χ1) is 11.6. The van der Waals surface area contributed by atoms with Crippen molar-refractivity contribution in [3.05, 3.63) is 28.2 Å². The first-order valence-electron chi connectivity index (χ1n) is 8.00. The molecule has 0 unspecified atom stereocenters. The molecule has 1 amide bonds. The average molecular weight is 352 g/mol. The molecule has 0 spiro atoms. The first-order valence-corrected chi connectivity index (χ1v) is 8.88. The minimum atomic E-state index is -0.846. The normalized spacial score (nSPS) is 21.2. The third kappa shape index (κ3) is 4.57. The Balaban J connectivity index is 1.46. The monoisotopic (exact) mass is 352 g/mol. The van der Waals surface area contributed by atoms with E-state index >= 15 is 0 Å². The van der Waals surface area contributed by atoms with Gasteiger partial charge in [0, 0.05) is 43.9 Å². The number of nitrogens with one attached hydrogen (secondary N) is 2. The molecular weight excluding hydrogens is 331 g/mol. The fourth-order valence-corrected chi connectivity index (χ4v) is 3.52. The predicted octanol–water partition coefficient (Wildman–Crippen LogP) is 1.23. The second-order valence-electron chi connectivity index (χ2n) is 6.01. The molecule has 130 valence electrons. The molecule has 3 rings (SSSR count). The van der Waals surface area contributed by atoms with E-state index in [1.54, 1.807) is 11.3 Å². The van der Waals surface area contributed by atoms with E-state index in [4.69, 9.17) is 0 Å². The number of carbonyl (C=O) groups is 1. The molecule has 3 heterocycles. The highest BCUT2D eigenvalue weighted by Gasteiger charge is 2.32. The SMILES string of the molecule is Cc1nc(CN2C[C@@H](F)C[C@H]2CNC(=O)CCc2ncn[nH]2)cs1. The quantitative estimate of drug-likeness (QED) is 0.783. The molecule has 1 fully saturated rings. The van der Waals surface area contributed by atoms with Gasteiger partial charge in [0.05, 0.1) is 10.7 Å². The lowest BCUT2D eigenvalue weighted by Crippen LogP contribution is -2.40. The highest BCUT2D eigenvalue weighted by atomic mass is 32.1. The average Bonchev–Trinajstić information content (AvgIpc) is 3.26. The summed E-state index contributed by atoms with van der Waals surface area (Å²) in [7, 11) is 0. The number of halogens is 1. The Bertz CT molecular complexity index is 661. The minimum absolute atomic E-state index is 0.0104. The van der Waals surface area contributed by atoms with Crippen molar-refractivity contribution in [1.82, 2.24) is 30.4 Å². The van der Waals surface area contributed by atoms with E-state index in [9.17, 15) is 9.18 Å². The Kier molecular flexibility index (Phi) is 5.52. The van der Waals surface area contributed by atoms with Crippen LogP contribution in [0, 0.1) is 6.92 Å². The fourth-order valence-electron chi connectivity index (χ4n) is 2.92. The van der Waals surface area contributed by atoms with Gasteiger partial charge in [-0.3, -0.25) is 14.8 Å². The molecule has 24 heavy (non-hydrogen) atoms. The van der Waals surface area contributed by atoms with Gasteiger partial charge in [-0.25, -0.2) is 14.4 Å². The molecule has 2 aromatic heterocycles. The van der Waals surface area contributed by atoms with Crippen molar-refractivity contribution in [2.45, 2.75) is 44.9 Å². The summed E-state index contributed by atoms with van der Waals surface area (Å²) in [6, 6.07) is 0.0104. The molecule has 1 aliphatic heterocycles. The van der Waals surface area contributed by atoms with Crippen molar-refractivity contribution in [2.24, 2.45) is 0 Å². The van der Waals surface area contributed by atoms with E-state index < -0.39 is 6.17 Å². The third-order valence-electron chi connectivity index (χ3n) is 4.10. The van der Waals surface area contributed by atoms with E-state index in [-0.39, 0.29) is 11.9 Å². The molecule has 0 aromatic carbocycles. The van der Waals surface area contributed by atoms with Crippen molar-refractivity contribution in [3.63, 3.8) is 0 Å². The Morgan fingerprint density at radius 2 is 2.46 bits per heavy atom. The van der Waals surface area contributed by atoms with Gasteiger partial charge in [-0.1, -0.05) is 0 Å². The largest absolute Gasteiger partial charge is 0.355 e. The van der Waals surface area contributed by atoms with Crippen LogP contribution in [0.5, 0.6) is 0 Å². The van der Waals surface area contributed by atoms with Gasteiger partial charge in [0.2, 0.25) is 5.91 Å². The zero-order valence-electron chi connectivity index (χ0n) is 13.5. The highest BCUT2D eigenvalue weighted by Crippen LogP contribution is 2.23. The number of thiazole rings is 1. The second kappa shape index (κ2) is 7.80. The number of alkyl halides is 1. The van der Waals surface area contributed by atoms with E-state index in [1.165, 1.54) is 6.33 Å². The van der Waals surface area contributed by atoms with Crippen LogP contribution < -0.4 is 5.32 Å². The van der Waals surface area contributed by atoms with Gasteiger partial charge < -0.3 is 5.32 Å². The maximum Gasteiger partial charge on any atom is 0.220 e. The van der Waals surface area contributed by atoms with Crippen LogP contribution in [0.4, 0.5) is 4.39 Å². The Hall–Kier alpha value is -1.87. The van der Waals surface area contributed by atoms with E-state index in [2.05, 4.69) is 30.4 Å². The standard InChI is InChI=1S/C15H21FN6OS/c1-10-20-12(8-24-10)7-22-6-11(16)4-13(22)5-17-15(23)3-2-14-18-9-19-21-14/h8-9,11,13H,2-7H2,1H3,(H,17,23)(H,18,19,21)/t11-,13-/m0/s1. The number of aryl methyl sites for hydroxylation is 2. The summed E-state index contributed by atoms with van der Waals surface area (Å²) < 4.78 is 13.8. The molecule has 7 nitrogen and oxygen atoms in total. The lowest BCUT2D eigenvalue weighted by Gasteiger charge is -2.23. The topological polar surface area (TPSA) is 86.8 Å². The highest BCUT2D eigenvalue weighted by molar-refractivity contribution is 7.09. The van der Waals surface area contributed by atoms with Crippen LogP contribution in [0.25, 0.3) is 0 Å². The number of aromatic nitrogens is 4. The number of likely N-dealkylation sites (tertiary alicyclic amines) is 1. The van der Waals surface area contributed by atoms with Gasteiger partial charge in [-0.05, 0) is 13.3 Å². The lowest BCUT2D eigenvalue weighted by molar-refractivity contribution is -0.121. The summed E-state index contributed by atoms with van der Waals surface area (Å²) in [5, 5.41) is 12.4. The van der Waals surface area contributed by atoms with E-state index in [0.29, 0.717) is 44.7 Å². The Morgan fingerprint density at radius 3 is 3.17 bits per heavy atom. The Labute approximate surface area is 143 Å². The van der Waals surface area contributed by atoms with Gasteiger partial charge in [0.25, 0.3) is 0 Å². The number of hydrogen-bond acceptors (Lipinski definition) is 6. The maximum atomic E-state index is 13.8. The van der Waals surface area contributed by atoms with Crippen molar-refractivity contribution in [2.75, 3.05) is 13.1 Å². The summed E-state index contributed by atoms with van der Waals surface area (Å²) in [5.41, 5.74) is 0.966. The van der Waals surface area contributed by atoms with Crippen molar-refractivity contribution < 1.29 is 9.18 Å². The summed E-state index contributed by atoms with van der Waals surface area (Å²) in [6.45, 7) is 3.44. The van der Waals surface area contributed by atoms with E-state index in [1.807, 2.05) is 12.3 Å². The van der Waals surface area contributed by atoms with Crippen molar-refractivity contribution in [1.29, 1.82) is 0 Å². The number of hydrogen-bond donors (Lipinski definition) is 2. The summed E-state index contributed by atoms with van der Waals surface area (Å²) in [4.78, 5) is 22.4. The van der Waals surface area contributed by atoms with Crippen LogP contribution in [0.1, 0.15) is 29.4 Å². The molecule has 1 saturated heterocycles. The number of amides is 1. The Morgan fingerprint density at radius 1 is 1.58 bits per heavy atom. The molecule has 2 N–H and O–H groups in total. The van der Waals surface area contributed by atoms with Crippen LogP contribution in [0.15, 0.2) is 11.7 Å². The maximum absolute atomic E-state index is 13.8. The zero-order valence-corrected chi connectivity index (χ0v) is 14.4. The number of aromatic amines is 1. The van der Waals surface area contributed by atoms with Crippen LogP contribution in [0.2, 0.25) is 0 Å². The molecule has 1 aliphatic rings. The molecule has 2 aromatic rings. The smallest absolute Gasteiger partial charge is 0.220 e. The lowest BCUT2D eigenvalue weighted by atomic mass is 10.2. The van der Waals surface area contributed by atoms with Crippen molar-refractivity contribution >= 4 is 17.2 Å². The van der Waals surface area contributed by atoms with Crippen LogP contribution in [-0.2, 0) is 17.8 Å². The van der Waals surface area contributed by atoms with Gasteiger partial charge in [0.15, 0.2) is 0 Å². The molecule has 9 heteroatoms. The van der Waals surface area contributed by atoms with E-state index in [0.717, 1.165) is 10.7 Å². The van der Waals surface area contributed by atoms with Crippen molar-refractivity contribution in [3.8, 4) is 0 Å². The minimum Gasteiger partial charge on any atom is -0.355 e. The van der Waals surface area contributed by atoms with Gasteiger partial charge in [-0.2, -0.15) is 5.10 Å². The fraction of sp³-hybridized carbons (Fsp3) is 0.600. The van der Waals surface area contributed by atoms with Gasteiger partial charge in [-0.15, -0.1) is 11.3 Å². The predicted molar refractivity (Wildman–Crippen MR) is 88.3 cm³/mol. The zero-order chi connectivity index (χ0) is 16.9. The molecule has 2 atom stereocenters. The molecule has 0 saturated carbocycles. The van der Waals surface area contributed by atoms with Crippen LogP contribution in [0.3, 0.4) is 0 Å². The molecule has 0 aliphatic carbocycles. The van der Waals surface area contributed by atoms with Gasteiger partial charge in [0.1, 0.15) is 18.3 Å². The number of rotatable bonds is 7. The van der Waals surface area contributed by atoms with Crippen LogP contribution >= 0.6 is 11.3 Å². The number of nitrogens with zero attached hydrogens (tertiary/aromatic N) is 4. The summed E-state index contributed by atoms with van der Waals surface area (Å²) in [6.07, 6.45) is 1.88. The second-order valence-corrected chi connectivity index (χ2v) is 7.07. The first kappa shape index (κ1) is 17.0. The summed E-state index contributed by atoms with van der Waals surface area (Å²) in [5.74, 6) is 0.633. The number of H-pyrrole nitrogens is 1. The molecule has 0 radical (unpaired) electrons. The third-order valence-corrected chi connectivity index (χ3v) is 4.92. The van der Waals surface area contributed by atoms with Crippen LogP contribution in [-0.4, -0.2) is 56.3 Å². The summed E-state index contributed by atoms with van der Waals surface area (Å²) >= 11 is 1.60. The van der Waals surface area contributed by atoms with Gasteiger partial charge >= 0.3 is 0 Å². The molecule has 0 bridgehead atoms. The molecular formula is C15H21FN6OS.